The molecule has 0 spiro atoms. The molecule has 4 aromatic rings. The first-order chi connectivity index (χ1) is 14.8. The standard InChI is InChI=1S/C23H16F3N3O2/c1-14(30)19-13-27-29(22(19)23(24,25)26)21-8-4-7-20(28-21)18-6-3-2-5-17(18)15-9-11-16(31)12-10-15/h2-13,31H,1H3. The lowest BCUT2D eigenvalue weighted by molar-refractivity contribution is -0.143. The summed E-state index contributed by atoms with van der Waals surface area (Å²) in [5, 5.41) is 13.3. The molecule has 0 saturated heterocycles. The molecule has 156 valence electrons. The summed E-state index contributed by atoms with van der Waals surface area (Å²) >= 11 is 0. The molecule has 0 radical (unpaired) electrons. The smallest absolute Gasteiger partial charge is 0.434 e. The molecule has 4 rings (SSSR count). The number of hydrogen-bond acceptors (Lipinski definition) is 4. The van der Waals surface area contributed by atoms with Crippen molar-refractivity contribution in [2.75, 3.05) is 0 Å². The molecule has 0 fully saturated rings. The van der Waals surface area contributed by atoms with Crippen LogP contribution in [0.15, 0.2) is 72.9 Å². The molecule has 0 aliphatic carbocycles. The van der Waals surface area contributed by atoms with Gasteiger partial charge in [0.15, 0.2) is 17.3 Å². The Morgan fingerprint density at radius 1 is 0.935 bits per heavy atom. The van der Waals surface area contributed by atoms with Crippen molar-refractivity contribution in [2.24, 2.45) is 0 Å². The molecule has 0 saturated carbocycles. The van der Waals surface area contributed by atoms with Gasteiger partial charge in [-0.25, -0.2) is 9.67 Å². The highest BCUT2D eigenvalue weighted by Gasteiger charge is 2.40. The molecule has 31 heavy (non-hydrogen) atoms. The second-order valence-electron chi connectivity index (χ2n) is 6.85. The average molecular weight is 423 g/mol. The van der Waals surface area contributed by atoms with E-state index in [4.69, 9.17) is 0 Å². The van der Waals surface area contributed by atoms with Crippen LogP contribution in [0.4, 0.5) is 13.2 Å². The number of pyridine rings is 1. The van der Waals surface area contributed by atoms with Crippen LogP contribution in [0.5, 0.6) is 5.75 Å². The van der Waals surface area contributed by atoms with Crippen molar-refractivity contribution in [3.05, 3.63) is 84.2 Å². The van der Waals surface area contributed by atoms with Crippen molar-refractivity contribution < 1.29 is 23.1 Å². The highest BCUT2D eigenvalue weighted by atomic mass is 19.4. The topological polar surface area (TPSA) is 68.0 Å². The Kier molecular flexibility index (Phi) is 5.06. The Morgan fingerprint density at radius 3 is 2.26 bits per heavy atom. The third-order valence-corrected chi connectivity index (χ3v) is 4.75. The predicted molar refractivity (Wildman–Crippen MR) is 109 cm³/mol. The van der Waals surface area contributed by atoms with Gasteiger partial charge in [0.1, 0.15) is 5.75 Å². The lowest BCUT2D eigenvalue weighted by atomic mass is 9.97. The number of rotatable bonds is 4. The number of carbonyl (C=O) groups excluding carboxylic acids is 1. The number of nitrogens with zero attached hydrogens (tertiary/aromatic N) is 3. The van der Waals surface area contributed by atoms with Gasteiger partial charge in [-0.1, -0.05) is 42.5 Å². The fraction of sp³-hybridized carbons (Fsp3) is 0.0870. The molecule has 0 aliphatic rings. The highest BCUT2D eigenvalue weighted by Crippen LogP contribution is 2.35. The monoisotopic (exact) mass is 423 g/mol. The molecule has 1 N–H and O–H groups in total. The van der Waals surface area contributed by atoms with Crippen molar-refractivity contribution >= 4 is 5.78 Å². The summed E-state index contributed by atoms with van der Waals surface area (Å²) in [6.07, 6.45) is -3.87. The number of aromatic hydroxyl groups is 1. The fourth-order valence-electron chi connectivity index (χ4n) is 3.34. The van der Waals surface area contributed by atoms with Gasteiger partial charge in [-0.05, 0) is 42.3 Å². The summed E-state index contributed by atoms with van der Waals surface area (Å²) in [5.74, 6) is -0.661. The Hall–Kier alpha value is -3.94. The summed E-state index contributed by atoms with van der Waals surface area (Å²) in [7, 11) is 0. The van der Waals surface area contributed by atoms with Gasteiger partial charge in [-0.3, -0.25) is 4.79 Å². The van der Waals surface area contributed by atoms with E-state index < -0.39 is 23.2 Å². The van der Waals surface area contributed by atoms with E-state index in [1.165, 1.54) is 6.07 Å². The number of Topliss-reactive ketones (excluding diaryl/α,β-unsaturated/α-hetero) is 1. The molecule has 0 amide bonds. The second-order valence-corrected chi connectivity index (χ2v) is 6.85. The van der Waals surface area contributed by atoms with Gasteiger partial charge in [0.2, 0.25) is 0 Å². The number of benzene rings is 2. The van der Waals surface area contributed by atoms with Crippen molar-refractivity contribution in [1.82, 2.24) is 14.8 Å². The van der Waals surface area contributed by atoms with Gasteiger partial charge >= 0.3 is 6.18 Å². The zero-order valence-corrected chi connectivity index (χ0v) is 16.3. The normalized spacial score (nSPS) is 11.5. The lowest BCUT2D eigenvalue weighted by Gasteiger charge is -2.13. The lowest BCUT2D eigenvalue weighted by Crippen LogP contribution is -2.17. The van der Waals surface area contributed by atoms with E-state index >= 15 is 0 Å². The van der Waals surface area contributed by atoms with Gasteiger partial charge in [0.05, 0.1) is 17.5 Å². The maximum Gasteiger partial charge on any atom is 0.434 e. The van der Waals surface area contributed by atoms with Gasteiger partial charge in [-0.2, -0.15) is 18.3 Å². The van der Waals surface area contributed by atoms with Gasteiger partial charge < -0.3 is 5.11 Å². The molecule has 0 atom stereocenters. The highest BCUT2D eigenvalue weighted by molar-refractivity contribution is 5.95. The van der Waals surface area contributed by atoms with E-state index in [9.17, 15) is 23.1 Å². The minimum Gasteiger partial charge on any atom is -0.508 e. The first-order valence-electron chi connectivity index (χ1n) is 9.28. The van der Waals surface area contributed by atoms with Crippen molar-refractivity contribution in [2.45, 2.75) is 13.1 Å². The third kappa shape index (κ3) is 3.92. The zero-order chi connectivity index (χ0) is 22.2. The molecule has 2 aromatic heterocycles. The van der Waals surface area contributed by atoms with Crippen molar-refractivity contribution in [1.29, 1.82) is 0 Å². The molecular weight excluding hydrogens is 407 g/mol. The predicted octanol–water partition coefficient (Wildman–Crippen LogP) is 5.53. The van der Waals surface area contributed by atoms with Gasteiger partial charge in [0.25, 0.3) is 0 Å². The average Bonchev–Trinajstić information content (AvgIpc) is 3.21. The second kappa shape index (κ2) is 7.71. The van der Waals surface area contributed by atoms with Crippen LogP contribution in [-0.4, -0.2) is 25.7 Å². The largest absolute Gasteiger partial charge is 0.508 e. The van der Waals surface area contributed by atoms with Crippen LogP contribution in [-0.2, 0) is 6.18 Å². The summed E-state index contributed by atoms with van der Waals surface area (Å²) in [5.41, 5.74) is 1.08. The minimum absolute atomic E-state index is 0.0576. The van der Waals surface area contributed by atoms with E-state index in [2.05, 4.69) is 10.1 Å². The van der Waals surface area contributed by atoms with Crippen LogP contribution < -0.4 is 0 Å². The van der Waals surface area contributed by atoms with Crippen molar-refractivity contribution in [3.8, 4) is 34.0 Å². The maximum absolute atomic E-state index is 13.7. The van der Waals surface area contributed by atoms with E-state index in [0.29, 0.717) is 15.9 Å². The van der Waals surface area contributed by atoms with Crippen LogP contribution in [0.1, 0.15) is 23.0 Å². The number of phenolic OH excluding ortho intramolecular Hbond substituents is 1. The van der Waals surface area contributed by atoms with Gasteiger partial charge in [0, 0.05) is 5.56 Å². The molecule has 8 heteroatoms. The Labute approximate surface area is 175 Å². The Morgan fingerprint density at radius 2 is 1.61 bits per heavy atom. The number of alkyl halides is 3. The van der Waals surface area contributed by atoms with E-state index in [1.807, 2.05) is 18.2 Å². The summed E-state index contributed by atoms with van der Waals surface area (Å²) < 4.78 is 41.6. The number of carbonyl (C=O) groups is 1. The molecule has 0 aliphatic heterocycles. The Balaban J connectivity index is 1.86. The van der Waals surface area contributed by atoms with E-state index in [1.54, 1.807) is 42.5 Å². The molecule has 0 unspecified atom stereocenters. The molecule has 0 bridgehead atoms. The first-order valence-corrected chi connectivity index (χ1v) is 9.28. The quantitative estimate of drug-likeness (QED) is 0.439. The number of hydrogen-bond donors (Lipinski definition) is 1. The molecule has 2 aromatic carbocycles. The maximum atomic E-state index is 13.7. The van der Waals surface area contributed by atoms with Crippen molar-refractivity contribution in [3.63, 3.8) is 0 Å². The van der Waals surface area contributed by atoms with Crippen LogP contribution >= 0.6 is 0 Å². The van der Waals surface area contributed by atoms with Crippen LogP contribution in [0.2, 0.25) is 0 Å². The number of halogens is 3. The first kappa shape index (κ1) is 20.3. The Bertz CT molecular complexity index is 1260. The summed E-state index contributed by atoms with van der Waals surface area (Å²) in [4.78, 5) is 16.1. The fourth-order valence-corrected chi connectivity index (χ4v) is 3.34. The minimum atomic E-state index is -4.78. The van der Waals surface area contributed by atoms with Crippen LogP contribution in [0, 0.1) is 0 Å². The summed E-state index contributed by atoms with van der Waals surface area (Å²) in [6, 6.07) is 18.6. The van der Waals surface area contributed by atoms with E-state index in [-0.39, 0.29) is 11.6 Å². The van der Waals surface area contributed by atoms with Gasteiger partial charge in [-0.15, -0.1) is 0 Å². The number of ketones is 1. The van der Waals surface area contributed by atoms with E-state index in [0.717, 1.165) is 24.2 Å². The third-order valence-electron chi connectivity index (χ3n) is 4.75. The van der Waals surface area contributed by atoms with Crippen LogP contribution in [0.25, 0.3) is 28.2 Å². The number of aromatic nitrogens is 3. The summed E-state index contributed by atoms with van der Waals surface area (Å²) in [6.45, 7) is 1.06. The molecule has 5 nitrogen and oxygen atoms in total. The zero-order valence-electron chi connectivity index (χ0n) is 16.3. The number of phenols is 1. The SMILES string of the molecule is CC(=O)c1cnn(-c2cccc(-c3ccccc3-c3ccc(O)cc3)n2)c1C(F)(F)F. The van der Waals surface area contributed by atoms with Crippen LogP contribution in [0.3, 0.4) is 0 Å². The molecular formula is C23H16F3N3O2. The molecule has 2 heterocycles.